The van der Waals surface area contributed by atoms with E-state index in [1.54, 1.807) is 6.07 Å². The van der Waals surface area contributed by atoms with Gasteiger partial charge < -0.3 is 0 Å². The largest absolute Gasteiger partial charge is 0.219 e. The second-order valence-corrected chi connectivity index (χ2v) is 4.60. The van der Waals surface area contributed by atoms with Crippen LogP contribution in [0, 0.1) is 11.3 Å². The van der Waals surface area contributed by atoms with Gasteiger partial charge in [-0.05, 0) is 10.3 Å². The van der Waals surface area contributed by atoms with E-state index < -0.39 is 0 Å². The van der Waals surface area contributed by atoms with E-state index in [2.05, 4.69) is 9.37 Å². The summed E-state index contributed by atoms with van der Waals surface area (Å²) in [6, 6.07) is 1.66. The molecule has 0 N–H and O–H groups in total. The first-order valence-corrected chi connectivity index (χ1v) is 6.01. The van der Waals surface area contributed by atoms with Gasteiger partial charge in [0.1, 0.15) is 6.07 Å². The maximum Gasteiger partial charge on any atom is 0.179 e. The van der Waals surface area contributed by atoms with Crippen LogP contribution in [0.4, 0.5) is 0 Å². The van der Waals surface area contributed by atoms with Crippen LogP contribution in [0.2, 0.25) is 5.15 Å². The highest BCUT2D eigenvalue weighted by Crippen LogP contribution is 2.15. The summed E-state index contributed by atoms with van der Waals surface area (Å²) in [5.41, 5.74) is 0. The van der Waals surface area contributed by atoms with Crippen molar-refractivity contribution in [3.63, 3.8) is 0 Å². The van der Waals surface area contributed by atoms with E-state index in [1.165, 1.54) is 20.9 Å². The van der Waals surface area contributed by atoms with E-state index >= 15 is 0 Å². The van der Waals surface area contributed by atoms with Crippen molar-refractivity contribution in [2.24, 2.45) is 4.99 Å². The monoisotopic (exact) mass is 271 g/mol. The molecule has 1 heterocycles. The van der Waals surface area contributed by atoms with Crippen LogP contribution in [0.5, 0.6) is 0 Å². The molecular formula is C5Cl3N3S2. The van der Waals surface area contributed by atoms with Gasteiger partial charge >= 0.3 is 0 Å². The predicted molar refractivity (Wildman–Crippen MR) is 54.9 cm³/mol. The topological polar surface area (TPSA) is 49.0 Å². The molecule has 0 aliphatic heterocycles. The normalized spacial score (nSPS) is 13.8. The van der Waals surface area contributed by atoms with Gasteiger partial charge in [-0.2, -0.15) is 9.64 Å². The van der Waals surface area contributed by atoms with Crippen LogP contribution in [-0.4, -0.2) is 4.37 Å². The number of rotatable bonds is 1. The Hall–Kier alpha value is -0.120. The summed E-state index contributed by atoms with van der Waals surface area (Å²) in [7, 11) is 2.44. The van der Waals surface area contributed by atoms with Crippen LogP contribution in [0.25, 0.3) is 0 Å². The molecule has 3 nitrogen and oxygen atoms in total. The van der Waals surface area contributed by atoms with Crippen molar-refractivity contribution in [1.82, 2.24) is 4.37 Å². The lowest BCUT2D eigenvalue weighted by molar-refractivity contribution is 1.34. The molecule has 0 aromatic carbocycles. The molecule has 0 fully saturated rings. The minimum Gasteiger partial charge on any atom is -0.219 e. The Morgan fingerprint density at radius 3 is 2.69 bits per heavy atom. The summed E-state index contributed by atoms with van der Waals surface area (Å²) in [6.45, 7) is 0. The number of nitriles is 1. The molecule has 8 heteroatoms. The highest BCUT2D eigenvalue weighted by Gasteiger charge is 2.01. The minimum atomic E-state index is -0.170. The molecule has 0 saturated carbocycles. The number of aromatic nitrogens is 1. The molecule has 0 spiro atoms. The Labute approximate surface area is 96.1 Å². The first kappa shape index (κ1) is 11.0. The summed E-state index contributed by atoms with van der Waals surface area (Å²) in [4.78, 5) is 3.81. The third-order valence-corrected chi connectivity index (χ3v) is 3.69. The molecule has 1 aromatic heterocycles. The Kier molecular flexibility index (Phi) is 4.16. The molecule has 0 aliphatic rings. The van der Waals surface area contributed by atoms with E-state index in [4.69, 9.17) is 40.1 Å². The molecule has 1 aromatic rings. The minimum absolute atomic E-state index is 0.0810. The third-order valence-electron chi connectivity index (χ3n) is 0.889. The predicted octanol–water partition coefficient (Wildman–Crippen LogP) is 2.93. The lowest BCUT2D eigenvalue weighted by atomic mass is 10.7. The van der Waals surface area contributed by atoms with Gasteiger partial charge in [-0.15, -0.1) is 0 Å². The van der Waals surface area contributed by atoms with Crippen LogP contribution >= 0.6 is 55.7 Å². The summed E-state index contributed by atoms with van der Waals surface area (Å²) in [5.74, 6) is 0. The standard InChI is InChI=1S/C5Cl3N3S2/c6-2(1-9)3(7)10-5-4(8)11-13-12-5/b3-2+,10-5-. The van der Waals surface area contributed by atoms with Crippen molar-refractivity contribution in [3.8, 4) is 6.07 Å². The van der Waals surface area contributed by atoms with E-state index in [-0.39, 0.29) is 15.3 Å². The number of hydrogen-bond acceptors (Lipinski definition) is 5. The van der Waals surface area contributed by atoms with Gasteiger partial charge in [0.2, 0.25) is 0 Å². The van der Waals surface area contributed by atoms with Gasteiger partial charge in [-0.1, -0.05) is 34.8 Å². The molecule has 0 radical (unpaired) electrons. The Bertz CT molecular complexity index is 438. The van der Waals surface area contributed by atoms with Crippen molar-refractivity contribution >= 4 is 55.7 Å². The number of nitrogens with zero attached hydrogens (tertiary/aromatic N) is 3. The molecule has 68 valence electrons. The number of allylic oxidation sites excluding steroid dienone is 1. The van der Waals surface area contributed by atoms with Crippen LogP contribution in [0.3, 0.4) is 0 Å². The summed E-state index contributed by atoms with van der Waals surface area (Å²) in [6.07, 6.45) is 0. The van der Waals surface area contributed by atoms with E-state index in [1.807, 2.05) is 0 Å². The first-order valence-electron chi connectivity index (χ1n) is 2.76. The van der Waals surface area contributed by atoms with Crippen molar-refractivity contribution in [1.29, 1.82) is 5.26 Å². The third kappa shape index (κ3) is 2.93. The van der Waals surface area contributed by atoms with Crippen molar-refractivity contribution in [2.45, 2.75) is 0 Å². The number of hydrogen-bond donors (Lipinski definition) is 0. The highest BCUT2D eigenvalue weighted by atomic mass is 35.5. The molecule has 0 amide bonds. The van der Waals surface area contributed by atoms with Crippen LogP contribution in [0.15, 0.2) is 15.2 Å². The van der Waals surface area contributed by atoms with E-state index in [0.29, 0.717) is 4.67 Å². The summed E-state index contributed by atoms with van der Waals surface area (Å²) < 4.78 is 4.23. The Morgan fingerprint density at radius 2 is 2.23 bits per heavy atom. The Balaban J connectivity index is 3.19. The van der Waals surface area contributed by atoms with Crippen molar-refractivity contribution in [2.75, 3.05) is 0 Å². The molecule has 0 saturated heterocycles. The van der Waals surface area contributed by atoms with Gasteiger partial charge in [-0.25, -0.2) is 4.99 Å². The number of halogens is 3. The average Bonchev–Trinajstić information content (AvgIpc) is 2.50. The maximum absolute atomic E-state index is 8.38. The van der Waals surface area contributed by atoms with Gasteiger partial charge in [0.05, 0.1) is 0 Å². The molecular weight excluding hydrogens is 273 g/mol. The molecule has 1 rings (SSSR count). The first-order chi connectivity index (χ1) is 6.15. The highest BCUT2D eigenvalue weighted by molar-refractivity contribution is 7.66. The summed E-state index contributed by atoms with van der Waals surface area (Å²) in [5, 5.41) is 8.38. The molecule has 0 atom stereocenters. The van der Waals surface area contributed by atoms with Gasteiger partial charge in [0.15, 0.2) is 20.0 Å². The van der Waals surface area contributed by atoms with Gasteiger partial charge in [-0.3, -0.25) is 0 Å². The van der Waals surface area contributed by atoms with Crippen LogP contribution in [-0.2, 0) is 0 Å². The fraction of sp³-hybridized carbons (Fsp3) is 0. The summed E-state index contributed by atoms with van der Waals surface area (Å²) >= 11 is 16.6. The molecule has 0 aliphatic carbocycles. The second kappa shape index (κ2) is 4.94. The smallest absolute Gasteiger partial charge is 0.179 e. The Morgan fingerprint density at radius 1 is 1.54 bits per heavy atom. The molecule has 13 heavy (non-hydrogen) atoms. The fourth-order valence-corrected chi connectivity index (χ4v) is 2.61. The van der Waals surface area contributed by atoms with E-state index in [0.717, 1.165) is 0 Å². The fourth-order valence-electron chi connectivity index (χ4n) is 0.409. The zero-order valence-corrected chi connectivity index (χ0v) is 9.69. The second-order valence-electron chi connectivity index (χ2n) is 1.67. The van der Waals surface area contributed by atoms with Crippen LogP contribution in [0.1, 0.15) is 0 Å². The lowest BCUT2D eigenvalue weighted by Gasteiger charge is -1.85. The van der Waals surface area contributed by atoms with Gasteiger partial charge in [0, 0.05) is 10.5 Å². The average molecular weight is 273 g/mol. The van der Waals surface area contributed by atoms with Crippen molar-refractivity contribution < 1.29 is 0 Å². The molecule has 0 bridgehead atoms. The zero-order chi connectivity index (χ0) is 9.84. The quantitative estimate of drug-likeness (QED) is 0.448. The molecule has 0 unspecified atom stereocenters. The SMILES string of the molecule is N#C/C(Cl)=C(Cl)\N=c1/ssnc1Cl. The maximum atomic E-state index is 8.38. The lowest BCUT2D eigenvalue weighted by Crippen LogP contribution is -1.93. The van der Waals surface area contributed by atoms with Gasteiger partial charge in [0.25, 0.3) is 0 Å². The van der Waals surface area contributed by atoms with Crippen molar-refractivity contribution in [3.05, 3.63) is 20.0 Å². The van der Waals surface area contributed by atoms with E-state index in [9.17, 15) is 0 Å². The van der Waals surface area contributed by atoms with Crippen LogP contribution < -0.4 is 4.67 Å². The zero-order valence-electron chi connectivity index (χ0n) is 5.79.